The van der Waals surface area contributed by atoms with E-state index in [2.05, 4.69) is 4.98 Å². The molecule has 0 saturated carbocycles. The molecule has 1 heterocycles. The first-order valence-electron chi connectivity index (χ1n) is 5.73. The Morgan fingerprint density at radius 1 is 1.26 bits per heavy atom. The Bertz CT molecular complexity index is 657. The van der Waals surface area contributed by atoms with E-state index in [-0.39, 0.29) is 4.90 Å². The van der Waals surface area contributed by atoms with Crippen molar-refractivity contribution in [1.29, 1.82) is 0 Å². The Hall–Kier alpha value is -1.92. The van der Waals surface area contributed by atoms with Crippen molar-refractivity contribution in [1.82, 2.24) is 4.98 Å². The lowest BCUT2D eigenvalue weighted by molar-refractivity contribution is 0.594. The summed E-state index contributed by atoms with van der Waals surface area (Å²) in [5, 5.41) is 0. The summed E-state index contributed by atoms with van der Waals surface area (Å²) in [7, 11) is -2.09. The molecule has 0 bridgehead atoms. The number of hydrogen-bond acceptors (Lipinski definition) is 4. The highest BCUT2D eigenvalue weighted by Gasteiger charge is 2.21. The fraction of sp³-hybridized carbons (Fsp3) is 0.154. The van der Waals surface area contributed by atoms with Gasteiger partial charge >= 0.3 is 0 Å². The summed E-state index contributed by atoms with van der Waals surface area (Å²) in [4.78, 5) is 4.14. The summed E-state index contributed by atoms with van der Waals surface area (Å²) in [6.07, 6.45) is 3.10. The largest absolute Gasteiger partial charge is 0.326 e. The highest BCUT2D eigenvalue weighted by molar-refractivity contribution is 7.92. The van der Waals surface area contributed by atoms with Gasteiger partial charge in [-0.15, -0.1) is 0 Å². The SMILES string of the molecule is CN(c1cccnc1)S(=O)(=O)c1cccc(CN)c1. The van der Waals surface area contributed by atoms with Crippen LogP contribution in [0.2, 0.25) is 0 Å². The lowest BCUT2D eigenvalue weighted by Gasteiger charge is -2.19. The van der Waals surface area contributed by atoms with Gasteiger partial charge in [-0.2, -0.15) is 0 Å². The number of hydrogen-bond donors (Lipinski definition) is 1. The maximum atomic E-state index is 12.5. The summed E-state index contributed by atoms with van der Waals surface area (Å²) < 4.78 is 26.1. The molecule has 2 rings (SSSR count). The predicted octanol–water partition coefficient (Wildman–Crippen LogP) is 1.37. The van der Waals surface area contributed by atoms with E-state index in [1.807, 2.05) is 0 Å². The van der Waals surface area contributed by atoms with Crippen LogP contribution in [0.15, 0.2) is 53.7 Å². The first-order valence-corrected chi connectivity index (χ1v) is 7.17. The molecule has 0 aliphatic rings. The fourth-order valence-corrected chi connectivity index (χ4v) is 2.92. The minimum atomic E-state index is -3.59. The van der Waals surface area contributed by atoms with Crippen LogP contribution in [0.25, 0.3) is 0 Å². The number of sulfonamides is 1. The smallest absolute Gasteiger partial charge is 0.264 e. The molecule has 1 aromatic carbocycles. The van der Waals surface area contributed by atoms with E-state index in [0.717, 1.165) is 5.56 Å². The van der Waals surface area contributed by atoms with Crippen molar-refractivity contribution in [3.05, 3.63) is 54.4 Å². The van der Waals surface area contributed by atoms with E-state index < -0.39 is 10.0 Å². The maximum absolute atomic E-state index is 12.5. The molecule has 19 heavy (non-hydrogen) atoms. The van der Waals surface area contributed by atoms with Crippen LogP contribution in [0.4, 0.5) is 5.69 Å². The summed E-state index contributed by atoms with van der Waals surface area (Å²) in [6, 6.07) is 10.0. The van der Waals surface area contributed by atoms with Crippen molar-refractivity contribution >= 4 is 15.7 Å². The second-order valence-electron chi connectivity index (χ2n) is 4.04. The minimum absolute atomic E-state index is 0.224. The van der Waals surface area contributed by atoms with E-state index >= 15 is 0 Å². The standard InChI is InChI=1S/C13H15N3O2S/c1-16(12-5-3-7-15-10-12)19(17,18)13-6-2-4-11(8-13)9-14/h2-8,10H,9,14H2,1H3. The molecule has 0 radical (unpaired) electrons. The third-order valence-electron chi connectivity index (χ3n) is 2.80. The number of benzene rings is 1. The van der Waals surface area contributed by atoms with Crippen LogP contribution in [-0.4, -0.2) is 20.4 Å². The summed E-state index contributed by atoms with van der Waals surface area (Å²) in [5.74, 6) is 0. The molecule has 0 saturated heterocycles. The molecule has 100 valence electrons. The van der Waals surface area contributed by atoms with Crippen molar-refractivity contribution in [3.8, 4) is 0 Å². The molecular formula is C13H15N3O2S. The fourth-order valence-electron chi connectivity index (χ4n) is 1.67. The number of rotatable bonds is 4. The van der Waals surface area contributed by atoms with Crippen molar-refractivity contribution in [3.63, 3.8) is 0 Å². The van der Waals surface area contributed by atoms with Crippen molar-refractivity contribution in [2.24, 2.45) is 5.73 Å². The van der Waals surface area contributed by atoms with Crippen molar-refractivity contribution in [2.45, 2.75) is 11.4 Å². The second-order valence-corrected chi connectivity index (χ2v) is 6.00. The summed E-state index contributed by atoms with van der Waals surface area (Å²) in [5.41, 5.74) is 6.82. The van der Waals surface area contributed by atoms with Crippen LogP contribution in [0, 0.1) is 0 Å². The van der Waals surface area contributed by atoms with E-state index in [0.29, 0.717) is 12.2 Å². The average Bonchev–Trinajstić information content (AvgIpc) is 2.47. The van der Waals surface area contributed by atoms with Gasteiger partial charge in [0.15, 0.2) is 0 Å². The van der Waals surface area contributed by atoms with Gasteiger partial charge in [-0.3, -0.25) is 9.29 Å². The molecule has 2 N–H and O–H groups in total. The Morgan fingerprint density at radius 3 is 2.68 bits per heavy atom. The first kappa shape index (κ1) is 13.5. The van der Waals surface area contributed by atoms with Gasteiger partial charge in [0.2, 0.25) is 0 Å². The van der Waals surface area contributed by atoms with Crippen LogP contribution in [0.5, 0.6) is 0 Å². The van der Waals surface area contributed by atoms with Crippen LogP contribution in [0.1, 0.15) is 5.56 Å². The molecule has 0 unspecified atom stereocenters. The van der Waals surface area contributed by atoms with E-state index in [1.54, 1.807) is 42.6 Å². The molecular weight excluding hydrogens is 262 g/mol. The third-order valence-corrected chi connectivity index (χ3v) is 4.58. The maximum Gasteiger partial charge on any atom is 0.264 e. The molecule has 0 amide bonds. The quantitative estimate of drug-likeness (QED) is 0.915. The van der Waals surface area contributed by atoms with Crippen molar-refractivity contribution in [2.75, 3.05) is 11.4 Å². The van der Waals surface area contributed by atoms with Crippen LogP contribution < -0.4 is 10.0 Å². The average molecular weight is 277 g/mol. The number of aromatic nitrogens is 1. The predicted molar refractivity (Wildman–Crippen MR) is 74.2 cm³/mol. The summed E-state index contributed by atoms with van der Waals surface area (Å²) in [6.45, 7) is 0.306. The number of anilines is 1. The van der Waals surface area contributed by atoms with E-state index in [9.17, 15) is 8.42 Å². The second kappa shape index (κ2) is 5.38. The lowest BCUT2D eigenvalue weighted by atomic mass is 10.2. The molecule has 0 atom stereocenters. The molecule has 5 nitrogen and oxygen atoms in total. The zero-order valence-electron chi connectivity index (χ0n) is 10.5. The molecule has 0 aliphatic heterocycles. The Labute approximate surface area is 112 Å². The monoisotopic (exact) mass is 277 g/mol. The zero-order chi connectivity index (χ0) is 13.9. The first-order chi connectivity index (χ1) is 9.05. The normalized spacial score (nSPS) is 11.3. The Balaban J connectivity index is 2.42. The number of pyridine rings is 1. The van der Waals surface area contributed by atoms with Gasteiger partial charge in [-0.25, -0.2) is 8.42 Å². The minimum Gasteiger partial charge on any atom is -0.326 e. The Morgan fingerprint density at radius 2 is 2.05 bits per heavy atom. The van der Waals surface area contributed by atoms with Gasteiger partial charge in [0, 0.05) is 19.8 Å². The third kappa shape index (κ3) is 2.74. The van der Waals surface area contributed by atoms with Crippen LogP contribution >= 0.6 is 0 Å². The molecule has 6 heteroatoms. The van der Waals surface area contributed by atoms with Gasteiger partial charge < -0.3 is 5.73 Å². The molecule has 0 spiro atoms. The molecule has 0 aliphatic carbocycles. The highest BCUT2D eigenvalue weighted by atomic mass is 32.2. The van der Waals surface area contributed by atoms with Crippen LogP contribution in [0.3, 0.4) is 0 Å². The zero-order valence-corrected chi connectivity index (χ0v) is 11.3. The van der Waals surface area contributed by atoms with Gasteiger partial charge in [0.05, 0.1) is 16.8 Å². The topological polar surface area (TPSA) is 76.3 Å². The lowest BCUT2D eigenvalue weighted by Crippen LogP contribution is -2.26. The van der Waals surface area contributed by atoms with Gasteiger partial charge in [0.1, 0.15) is 0 Å². The van der Waals surface area contributed by atoms with Gasteiger partial charge in [-0.05, 0) is 29.8 Å². The number of nitrogens with zero attached hydrogens (tertiary/aromatic N) is 2. The Kier molecular flexibility index (Phi) is 3.82. The van der Waals surface area contributed by atoms with Crippen molar-refractivity contribution < 1.29 is 8.42 Å². The molecule has 0 fully saturated rings. The van der Waals surface area contributed by atoms with Gasteiger partial charge in [-0.1, -0.05) is 12.1 Å². The highest BCUT2D eigenvalue weighted by Crippen LogP contribution is 2.21. The van der Waals surface area contributed by atoms with E-state index in [4.69, 9.17) is 5.73 Å². The van der Waals surface area contributed by atoms with Crippen LogP contribution in [-0.2, 0) is 16.6 Å². The summed E-state index contributed by atoms with van der Waals surface area (Å²) >= 11 is 0. The molecule has 2 aromatic rings. The molecule has 1 aromatic heterocycles. The van der Waals surface area contributed by atoms with Gasteiger partial charge in [0.25, 0.3) is 10.0 Å². The number of nitrogens with two attached hydrogens (primary N) is 1. The van der Waals surface area contributed by atoms with E-state index in [1.165, 1.54) is 17.5 Å².